The fourth-order valence-electron chi connectivity index (χ4n) is 2.29. The fraction of sp³-hybridized carbons (Fsp3) is 0.0556. The van der Waals surface area contributed by atoms with Crippen LogP contribution in [0.2, 0.25) is 0 Å². The monoisotopic (exact) mass is 338 g/mol. The molecule has 0 fully saturated rings. The Bertz CT molecular complexity index is 870. The summed E-state index contributed by atoms with van der Waals surface area (Å²) < 4.78 is 0. The van der Waals surface area contributed by atoms with Gasteiger partial charge in [-0.15, -0.1) is 0 Å². The molecule has 1 heterocycles. The van der Waals surface area contributed by atoms with Gasteiger partial charge in [0.15, 0.2) is 5.78 Å². The molecule has 6 heteroatoms. The van der Waals surface area contributed by atoms with Gasteiger partial charge in [-0.1, -0.05) is 30.0 Å². The minimum atomic E-state index is -0.450. The number of benzene rings is 2. The average molecular weight is 338 g/mol. The van der Waals surface area contributed by atoms with Crippen LogP contribution in [-0.2, 0) is 4.79 Å². The summed E-state index contributed by atoms with van der Waals surface area (Å²) in [6.07, 6.45) is 3.15. The number of hydrogen-bond acceptors (Lipinski definition) is 5. The predicted molar refractivity (Wildman–Crippen MR) is 95.8 cm³/mol. The van der Waals surface area contributed by atoms with E-state index in [9.17, 15) is 14.9 Å². The highest BCUT2D eigenvalue weighted by Gasteiger charge is 2.19. The van der Waals surface area contributed by atoms with Gasteiger partial charge >= 0.3 is 0 Å². The van der Waals surface area contributed by atoms with Crippen molar-refractivity contribution in [3.05, 3.63) is 80.9 Å². The first kappa shape index (κ1) is 16.0. The number of thioether (sulfide) groups is 1. The molecule has 24 heavy (non-hydrogen) atoms. The van der Waals surface area contributed by atoms with E-state index in [2.05, 4.69) is 5.32 Å². The Morgan fingerprint density at radius 1 is 1.17 bits per heavy atom. The lowest BCUT2D eigenvalue weighted by molar-refractivity contribution is -0.384. The van der Waals surface area contributed by atoms with Crippen LogP contribution >= 0.6 is 11.8 Å². The lowest BCUT2D eigenvalue weighted by atomic mass is 10.1. The molecular weight excluding hydrogens is 324 g/mol. The molecule has 1 N–H and O–H groups in total. The molecule has 0 bridgehead atoms. The van der Waals surface area contributed by atoms with Gasteiger partial charge in [0.1, 0.15) is 0 Å². The van der Waals surface area contributed by atoms with Crippen LogP contribution in [0.4, 0.5) is 11.4 Å². The molecule has 1 aliphatic heterocycles. The number of carbonyl (C=O) groups is 1. The number of ketones is 1. The van der Waals surface area contributed by atoms with Crippen LogP contribution in [0.25, 0.3) is 6.08 Å². The number of hydrogen-bond donors (Lipinski definition) is 1. The maximum absolute atomic E-state index is 12.5. The van der Waals surface area contributed by atoms with E-state index in [1.165, 1.54) is 30.0 Å². The molecule has 1 aliphatic rings. The van der Waals surface area contributed by atoms with Gasteiger partial charge in [-0.05, 0) is 42.8 Å². The molecule has 0 saturated heterocycles. The largest absolute Gasteiger partial charge is 0.357 e. The van der Waals surface area contributed by atoms with Crippen LogP contribution < -0.4 is 5.32 Å². The van der Waals surface area contributed by atoms with E-state index >= 15 is 0 Å². The Morgan fingerprint density at radius 3 is 2.58 bits per heavy atom. The number of nitrogens with one attached hydrogen (secondary N) is 1. The quantitative estimate of drug-likeness (QED) is 0.500. The normalized spacial score (nSPS) is 13.5. The molecule has 5 nitrogen and oxygen atoms in total. The van der Waals surface area contributed by atoms with E-state index in [1.807, 2.05) is 31.2 Å². The molecule has 3 rings (SSSR count). The minimum Gasteiger partial charge on any atom is -0.357 e. The third kappa shape index (κ3) is 3.38. The van der Waals surface area contributed by atoms with Crippen molar-refractivity contribution in [2.75, 3.05) is 5.32 Å². The van der Waals surface area contributed by atoms with Gasteiger partial charge in [-0.3, -0.25) is 14.9 Å². The first-order chi connectivity index (χ1) is 11.5. The Kier molecular flexibility index (Phi) is 4.48. The van der Waals surface area contributed by atoms with Crippen molar-refractivity contribution in [3.63, 3.8) is 0 Å². The number of fused-ring (bicyclic) bond motifs is 1. The molecule has 0 aromatic heterocycles. The third-order valence-corrected chi connectivity index (χ3v) is 4.80. The van der Waals surface area contributed by atoms with Crippen molar-refractivity contribution in [2.45, 2.75) is 11.8 Å². The van der Waals surface area contributed by atoms with Gasteiger partial charge in [-0.2, -0.15) is 0 Å². The van der Waals surface area contributed by atoms with Crippen molar-refractivity contribution in [1.82, 2.24) is 0 Å². The van der Waals surface area contributed by atoms with E-state index in [0.717, 1.165) is 21.8 Å². The molecule has 0 radical (unpaired) electrons. The second-order valence-electron chi connectivity index (χ2n) is 5.22. The number of anilines is 1. The number of allylic oxidation sites excluding steroid dienone is 3. The van der Waals surface area contributed by atoms with E-state index in [4.69, 9.17) is 0 Å². The Morgan fingerprint density at radius 2 is 1.88 bits per heavy atom. The molecule has 2 aromatic rings. The predicted octanol–water partition coefficient (Wildman–Crippen LogP) is 4.63. The van der Waals surface area contributed by atoms with Crippen molar-refractivity contribution in [2.24, 2.45) is 0 Å². The molecule has 0 saturated carbocycles. The number of nitrogens with zero attached hydrogens (tertiary/aromatic N) is 1. The summed E-state index contributed by atoms with van der Waals surface area (Å²) >= 11 is 1.44. The van der Waals surface area contributed by atoms with Crippen molar-refractivity contribution < 1.29 is 9.72 Å². The standard InChI is InChI=1S/C18H14N2O3S/c1-12-18(24-17-5-3-2-4-15(17)19-12)16(21)11-8-13-6-9-14(10-7-13)20(22)23/h2-11,19H,1H3. The van der Waals surface area contributed by atoms with Gasteiger partial charge in [-0.25, -0.2) is 0 Å². The molecule has 0 atom stereocenters. The minimum absolute atomic E-state index is 0.0284. The SMILES string of the molecule is CC1=C(C(=O)C=Cc2ccc([N+](=O)[O-])cc2)Sc2ccccc2N1. The smallest absolute Gasteiger partial charge is 0.269 e. The summed E-state index contributed by atoms with van der Waals surface area (Å²) in [5.74, 6) is -0.0992. The van der Waals surface area contributed by atoms with E-state index < -0.39 is 4.92 Å². The van der Waals surface area contributed by atoms with Crippen LogP contribution in [0.15, 0.2) is 70.1 Å². The number of non-ortho nitro benzene ring substituents is 1. The lowest BCUT2D eigenvalue weighted by Crippen LogP contribution is -2.10. The summed E-state index contributed by atoms with van der Waals surface area (Å²) in [4.78, 5) is 24.3. The second kappa shape index (κ2) is 6.72. The van der Waals surface area contributed by atoms with Crippen LogP contribution in [0.3, 0.4) is 0 Å². The fourth-order valence-corrected chi connectivity index (χ4v) is 3.26. The Balaban J connectivity index is 1.76. The van der Waals surface area contributed by atoms with E-state index in [-0.39, 0.29) is 11.5 Å². The van der Waals surface area contributed by atoms with Crippen molar-refractivity contribution in [3.8, 4) is 0 Å². The molecular formula is C18H14N2O3S. The van der Waals surface area contributed by atoms with Crippen LogP contribution in [0.1, 0.15) is 12.5 Å². The van der Waals surface area contributed by atoms with Crippen LogP contribution in [0.5, 0.6) is 0 Å². The maximum atomic E-state index is 12.5. The van der Waals surface area contributed by atoms with Crippen LogP contribution in [-0.4, -0.2) is 10.7 Å². The van der Waals surface area contributed by atoms with Gasteiger partial charge < -0.3 is 5.32 Å². The molecule has 0 aliphatic carbocycles. The van der Waals surface area contributed by atoms with Gasteiger partial charge in [0.2, 0.25) is 0 Å². The number of nitro groups is 1. The highest BCUT2D eigenvalue weighted by molar-refractivity contribution is 8.04. The molecule has 0 amide bonds. The summed E-state index contributed by atoms with van der Waals surface area (Å²) in [5.41, 5.74) is 2.58. The molecule has 2 aromatic carbocycles. The third-order valence-electron chi connectivity index (χ3n) is 3.52. The first-order valence-electron chi connectivity index (χ1n) is 7.26. The number of rotatable bonds is 4. The van der Waals surface area contributed by atoms with Gasteiger partial charge in [0.25, 0.3) is 5.69 Å². The van der Waals surface area contributed by atoms with Crippen molar-refractivity contribution in [1.29, 1.82) is 0 Å². The lowest BCUT2D eigenvalue weighted by Gasteiger charge is -2.20. The van der Waals surface area contributed by atoms with Crippen LogP contribution in [0, 0.1) is 10.1 Å². The van der Waals surface area contributed by atoms with Gasteiger partial charge in [0, 0.05) is 22.7 Å². The highest BCUT2D eigenvalue weighted by Crippen LogP contribution is 2.39. The summed E-state index contributed by atoms with van der Waals surface area (Å²) in [7, 11) is 0. The highest BCUT2D eigenvalue weighted by atomic mass is 32.2. The second-order valence-corrected chi connectivity index (χ2v) is 6.28. The van der Waals surface area contributed by atoms with Crippen molar-refractivity contribution >= 4 is 35.0 Å². The Hall–Kier alpha value is -2.86. The van der Waals surface area contributed by atoms with Gasteiger partial charge in [0.05, 0.1) is 15.5 Å². The summed E-state index contributed by atoms with van der Waals surface area (Å²) in [6, 6.07) is 13.9. The molecule has 0 unspecified atom stereocenters. The zero-order valence-electron chi connectivity index (χ0n) is 12.9. The maximum Gasteiger partial charge on any atom is 0.269 e. The Labute approximate surface area is 143 Å². The van der Waals surface area contributed by atoms with E-state index in [0.29, 0.717) is 4.91 Å². The summed E-state index contributed by atoms with van der Waals surface area (Å²) in [5, 5.41) is 13.9. The number of carbonyl (C=O) groups excluding carboxylic acids is 1. The zero-order chi connectivity index (χ0) is 17.1. The molecule has 0 spiro atoms. The number of para-hydroxylation sites is 1. The zero-order valence-corrected chi connectivity index (χ0v) is 13.7. The topological polar surface area (TPSA) is 72.2 Å². The first-order valence-corrected chi connectivity index (χ1v) is 8.08. The van der Waals surface area contributed by atoms with E-state index in [1.54, 1.807) is 18.2 Å². The number of nitro benzene ring substituents is 1. The average Bonchev–Trinajstić information content (AvgIpc) is 2.59. The molecule has 120 valence electrons. The summed E-state index contributed by atoms with van der Waals surface area (Å²) in [6.45, 7) is 1.87.